The molecular formula is C24H19BrN2O3. The fourth-order valence-electron chi connectivity index (χ4n) is 2.65. The van der Waals surface area contributed by atoms with Crippen molar-refractivity contribution >= 4 is 45.3 Å². The number of hydrogen-bond acceptors (Lipinski definition) is 3. The molecule has 0 aromatic heterocycles. The van der Waals surface area contributed by atoms with E-state index in [9.17, 15) is 14.4 Å². The monoisotopic (exact) mass is 462 g/mol. The highest BCUT2D eigenvalue weighted by Crippen LogP contribution is 2.15. The minimum atomic E-state index is -0.474. The standard InChI is InChI=1S/C24H19BrN2O3/c1-16(28)18-9-13-21(14-10-18)26-24(30)22(15-17-7-11-20(25)12-8-17)27-23(29)19-5-3-2-4-6-19/h2-15H,1H3,(H,26,30)(H,27,29). The largest absolute Gasteiger partial charge is 0.321 e. The minimum Gasteiger partial charge on any atom is -0.321 e. The Hall–Kier alpha value is -3.51. The molecule has 0 aliphatic carbocycles. The van der Waals surface area contributed by atoms with Crippen LogP contribution in [0, 0.1) is 0 Å². The molecular weight excluding hydrogens is 444 g/mol. The topological polar surface area (TPSA) is 75.3 Å². The van der Waals surface area contributed by atoms with Crippen LogP contribution in [-0.4, -0.2) is 17.6 Å². The van der Waals surface area contributed by atoms with Crippen LogP contribution in [0.5, 0.6) is 0 Å². The van der Waals surface area contributed by atoms with Crippen LogP contribution in [0.3, 0.4) is 0 Å². The molecule has 0 aliphatic heterocycles. The summed E-state index contributed by atoms with van der Waals surface area (Å²) in [6, 6.07) is 22.6. The predicted molar refractivity (Wildman–Crippen MR) is 121 cm³/mol. The Morgan fingerprint density at radius 3 is 2.03 bits per heavy atom. The maximum atomic E-state index is 12.9. The third-order valence-corrected chi connectivity index (χ3v) is 4.79. The molecule has 0 saturated heterocycles. The summed E-state index contributed by atoms with van der Waals surface area (Å²) in [5.74, 6) is -0.919. The van der Waals surface area contributed by atoms with Gasteiger partial charge < -0.3 is 10.6 Å². The van der Waals surface area contributed by atoms with E-state index in [2.05, 4.69) is 26.6 Å². The van der Waals surface area contributed by atoms with Crippen molar-refractivity contribution in [2.24, 2.45) is 0 Å². The first-order valence-corrected chi connectivity index (χ1v) is 9.98. The molecule has 0 spiro atoms. The lowest BCUT2D eigenvalue weighted by molar-refractivity contribution is -0.113. The van der Waals surface area contributed by atoms with Gasteiger partial charge in [-0.1, -0.05) is 46.3 Å². The SMILES string of the molecule is CC(=O)c1ccc(NC(=O)C(=Cc2ccc(Br)cc2)NC(=O)c2ccccc2)cc1. The van der Waals surface area contributed by atoms with Crippen LogP contribution >= 0.6 is 15.9 Å². The zero-order valence-corrected chi connectivity index (χ0v) is 17.8. The Labute approximate surface area is 182 Å². The lowest BCUT2D eigenvalue weighted by atomic mass is 10.1. The normalized spacial score (nSPS) is 10.9. The molecule has 150 valence electrons. The van der Waals surface area contributed by atoms with Gasteiger partial charge in [-0.05, 0) is 67.1 Å². The first-order chi connectivity index (χ1) is 14.4. The molecule has 2 N–H and O–H groups in total. The van der Waals surface area contributed by atoms with Crippen molar-refractivity contribution in [3.63, 3.8) is 0 Å². The predicted octanol–water partition coefficient (Wildman–Crippen LogP) is 5.06. The number of hydrogen-bond donors (Lipinski definition) is 2. The molecule has 0 fully saturated rings. The van der Waals surface area contributed by atoms with Crippen LogP contribution in [-0.2, 0) is 4.79 Å². The van der Waals surface area contributed by atoms with E-state index < -0.39 is 5.91 Å². The van der Waals surface area contributed by atoms with Crippen LogP contribution in [0.1, 0.15) is 33.2 Å². The van der Waals surface area contributed by atoms with Crippen LogP contribution in [0.2, 0.25) is 0 Å². The fourth-order valence-corrected chi connectivity index (χ4v) is 2.92. The summed E-state index contributed by atoms with van der Waals surface area (Å²) in [6.07, 6.45) is 1.60. The third kappa shape index (κ3) is 5.75. The van der Waals surface area contributed by atoms with Crippen molar-refractivity contribution < 1.29 is 14.4 Å². The molecule has 0 bridgehead atoms. The summed E-state index contributed by atoms with van der Waals surface area (Å²) in [6.45, 7) is 1.48. The number of ketones is 1. The maximum Gasteiger partial charge on any atom is 0.272 e. The van der Waals surface area contributed by atoms with Crippen LogP contribution < -0.4 is 10.6 Å². The van der Waals surface area contributed by atoms with E-state index in [1.807, 2.05) is 30.3 Å². The van der Waals surface area contributed by atoms with E-state index in [1.165, 1.54) is 6.92 Å². The molecule has 0 atom stereocenters. The molecule has 0 unspecified atom stereocenters. The number of benzene rings is 3. The quantitative estimate of drug-likeness (QED) is 0.396. The Morgan fingerprint density at radius 2 is 1.43 bits per heavy atom. The Morgan fingerprint density at radius 1 is 0.800 bits per heavy atom. The van der Waals surface area contributed by atoms with Crippen LogP contribution in [0.25, 0.3) is 6.08 Å². The fraction of sp³-hybridized carbons (Fsp3) is 0.0417. The first kappa shape index (κ1) is 21.2. The Balaban J connectivity index is 1.85. The molecule has 0 aliphatic rings. The molecule has 3 aromatic rings. The van der Waals surface area contributed by atoms with Crippen molar-refractivity contribution in [3.05, 3.63) is 106 Å². The van der Waals surface area contributed by atoms with Gasteiger partial charge in [0.25, 0.3) is 11.8 Å². The van der Waals surface area contributed by atoms with Gasteiger partial charge in [0.05, 0.1) is 0 Å². The first-order valence-electron chi connectivity index (χ1n) is 9.18. The average molecular weight is 463 g/mol. The van der Waals surface area contributed by atoms with Crippen molar-refractivity contribution in [1.29, 1.82) is 0 Å². The number of rotatable bonds is 6. The van der Waals surface area contributed by atoms with Gasteiger partial charge in [0.15, 0.2) is 5.78 Å². The van der Waals surface area contributed by atoms with Gasteiger partial charge in [0, 0.05) is 21.3 Å². The summed E-state index contributed by atoms with van der Waals surface area (Å²) in [4.78, 5) is 36.9. The van der Waals surface area contributed by atoms with Gasteiger partial charge in [-0.2, -0.15) is 0 Å². The van der Waals surface area contributed by atoms with Crippen LogP contribution in [0.4, 0.5) is 5.69 Å². The molecule has 6 heteroatoms. The van der Waals surface area contributed by atoms with Gasteiger partial charge in [-0.3, -0.25) is 14.4 Å². The van der Waals surface area contributed by atoms with Crippen LogP contribution in [0.15, 0.2) is 89.0 Å². The van der Waals surface area contributed by atoms with Crippen molar-refractivity contribution in [2.45, 2.75) is 6.92 Å². The number of Topliss-reactive ketones (excluding diaryl/α,β-unsaturated/α-hetero) is 1. The lowest BCUT2D eigenvalue weighted by Gasteiger charge is -2.12. The highest BCUT2D eigenvalue weighted by atomic mass is 79.9. The van der Waals surface area contributed by atoms with E-state index in [-0.39, 0.29) is 17.4 Å². The summed E-state index contributed by atoms with van der Waals surface area (Å²) in [7, 11) is 0. The van der Waals surface area contributed by atoms with E-state index >= 15 is 0 Å². The van der Waals surface area contributed by atoms with Crippen molar-refractivity contribution in [2.75, 3.05) is 5.32 Å². The van der Waals surface area contributed by atoms with E-state index in [0.29, 0.717) is 16.8 Å². The number of nitrogens with one attached hydrogen (secondary N) is 2. The van der Waals surface area contributed by atoms with Crippen molar-refractivity contribution in [1.82, 2.24) is 5.32 Å². The number of anilines is 1. The Kier molecular flexibility index (Phi) is 6.93. The van der Waals surface area contributed by atoms with E-state index in [1.54, 1.807) is 54.6 Å². The van der Waals surface area contributed by atoms with Gasteiger partial charge in [-0.25, -0.2) is 0 Å². The number of halogens is 1. The number of carbonyl (C=O) groups excluding carboxylic acids is 3. The zero-order valence-electron chi connectivity index (χ0n) is 16.2. The summed E-state index contributed by atoms with van der Waals surface area (Å²) in [5, 5.41) is 5.44. The van der Waals surface area contributed by atoms with Gasteiger partial charge >= 0.3 is 0 Å². The van der Waals surface area contributed by atoms with E-state index in [0.717, 1.165) is 10.0 Å². The lowest BCUT2D eigenvalue weighted by Crippen LogP contribution is -2.30. The molecule has 0 saturated carbocycles. The summed E-state index contributed by atoms with van der Waals surface area (Å²) in [5.41, 5.74) is 2.36. The van der Waals surface area contributed by atoms with Gasteiger partial charge in [0.2, 0.25) is 0 Å². The Bertz CT molecular complexity index is 1090. The second-order valence-electron chi connectivity index (χ2n) is 6.52. The minimum absolute atomic E-state index is 0.0566. The molecule has 3 rings (SSSR count). The average Bonchev–Trinajstić information content (AvgIpc) is 2.75. The second-order valence-corrected chi connectivity index (χ2v) is 7.43. The number of amides is 2. The highest BCUT2D eigenvalue weighted by Gasteiger charge is 2.15. The molecule has 0 heterocycles. The van der Waals surface area contributed by atoms with E-state index in [4.69, 9.17) is 0 Å². The maximum absolute atomic E-state index is 12.9. The molecule has 30 heavy (non-hydrogen) atoms. The van der Waals surface area contributed by atoms with Crippen molar-refractivity contribution in [3.8, 4) is 0 Å². The van der Waals surface area contributed by atoms with Gasteiger partial charge in [0.1, 0.15) is 5.70 Å². The smallest absolute Gasteiger partial charge is 0.272 e. The molecule has 3 aromatic carbocycles. The summed E-state index contributed by atoms with van der Waals surface area (Å²) < 4.78 is 0.907. The van der Waals surface area contributed by atoms with Gasteiger partial charge in [-0.15, -0.1) is 0 Å². The molecule has 2 amide bonds. The second kappa shape index (κ2) is 9.80. The number of carbonyl (C=O) groups is 3. The zero-order chi connectivity index (χ0) is 21.5. The third-order valence-electron chi connectivity index (χ3n) is 4.26. The molecule has 0 radical (unpaired) electrons. The highest BCUT2D eigenvalue weighted by molar-refractivity contribution is 9.10. The molecule has 5 nitrogen and oxygen atoms in total. The summed E-state index contributed by atoms with van der Waals surface area (Å²) >= 11 is 3.38.